The highest BCUT2D eigenvalue weighted by atomic mass is 32.2. The van der Waals surface area contributed by atoms with E-state index in [9.17, 15) is 18.0 Å². The van der Waals surface area contributed by atoms with E-state index >= 15 is 0 Å². The van der Waals surface area contributed by atoms with Crippen LogP contribution in [-0.2, 0) is 30.7 Å². The molecule has 0 radical (unpaired) electrons. The highest BCUT2D eigenvalue weighted by Gasteiger charge is 2.36. The van der Waals surface area contributed by atoms with E-state index < -0.39 is 34.4 Å². The van der Waals surface area contributed by atoms with Crippen LogP contribution in [0.15, 0.2) is 59.5 Å². The molecule has 0 spiro atoms. The van der Waals surface area contributed by atoms with Gasteiger partial charge < -0.3 is 35.5 Å². The smallest absolute Gasteiger partial charge is 0.410 e. The molecular weight excluding hydrogens is 574 g/mol. The number of nitrogens with zero attached hydrogens (tertiary/aromatic N) is 2. The Morgan fingerprint density at radius 2 is 1.79 bits per heavy atom. The first-order valence-electron chi connectivity index (χ1n) is 14.7. The van der Waals surface area contributed by atoms with E-state index in [2.05, 4.69) is 10.6 Å². The molecule has 2 aromatic rings. The molecule has 0 saturated carbocycles. The Bertz CT molecular complexity index is 1280. The second kappa shape index (κ2) is 15.4. The Kier molecular flexibility index (Phi) is 11.6. The zero-order chi connectivity index (χ0) is 30.8. The Morgan fingerprint density at radius 1 is 1.09 bits per heavy atom. The number of nitrogens with two attached hydrogens (primary N) is 1. The maximum atomic E-state index is 13.9. The van der Waals surface area contributed by atoms with Crippen molar-refractivity contribution in [2.75, 3.05) is 58.2 Å². The lowest BCUT2D eigenvalue weighted by Gasteiger charge is -2.35. The molecule has 0 unspecified atom stereocenters. The third-order valence-electron chi connectivity index (χ3n) is 7.31. The van der Waals surface area contributed by atoms with Crippen molar-refractivity contribution in [3.05, 3.63) is 60.2 Å². The molecule has 2 saturated heterocycles. The van der Waals surface area contributed by atoms with Crippen LogP contribution in [0.5, 0.6) is 0 Å². The Labute approximate surface area is 253 Å². The summed E-state index contributed by atoms with van der Waals surface area (Å²) in [7, 11) is -4.02. The molecule has 0 aliphatic carbocycles. The largest absolute Gasteiger partial charge is 0.444 e. The van der Waals surface area contributed by atoms with Crippen LogP contribution in [0.2, 0.25) is 0 Å². The summed E-state index contributed by atoms with van der Waals surface area (Å²) in [5.74, 6) is -0.0408. The van der Waals surface area contributed by atoms with Crippen molar-refractivity contribution in [2.24, 2.45) is 5.92 Å². The van der Waals surface area contributed by atoms with Crippen LogP contribution < -0.4 is 16.4 Å². The van der Waals surface area contributed by atoms with E-state index in [4.69, 9.17) is 19.9 Å². The summed E-state index contributed by atoms with van der Waals surface area (Å²) in [6.07, 6.45) is -1.83. The lowest BCUT2D eigenvalue weighted by atomic mass is 10.0. The maximum absolute atomic E-state index is 13.9. The number of amides is 2. The van der Waals surface area contributed by atoms with E-state index in [0.29, 0.717) is 51.5 Å². The molecule has 43 heavy (non-hydrogen) atoms. The second-order valence-electron chi connectivity index (χ2n) is 11.3. The minimum Gasteiger partial charge on any atom is -0.444 e. The standard InChI is InChI=1S/C30H43N5O7S/c1-22(2)19-35(43(38,39)26-10-8-24(31)9-11-26)20-28(42-30(37)34-15-13-32-14-16-34)27(18-23-6-4-3-5-7-23)33-29(36)41-25-12-17-40-21-25/h3-11,22,25,27-28,32H,12-21,31H2,1-2H3,(H,33,36)/t25-,27-,28+/m0/s1. The fourth-order valence-electron chi connectivity index (χ4n) is 5.05. The van der Waals surface area contributed by atoms with Crippen molar-refractivity contribution < 1.29 is 32.2 Å². The molecule has 12 nitrogen and oxygen atoms in total. The minimum atomic E-state index is -4.02. The first kappa shape index (κ1) is 32.5. The van der Waals surface area contributed by atoms with Crippen molar-refractivity contribution in [1.82, 2.24) is 19.8 Å². The summed E-state index contributed by atoms with van der Waals surface area (Å²) < 4.78 is 46.2. The fourth-order valence-corrected chi connectivity index (χ4v) is 6.67. The molecule has 0 aromatic heterocycles. The molecule has 2 aliphatic heterocycles. The zero-order valence-electron chi connectivity index (χ0n) is 24.8. The molecule has 13 heteroatoms. The molecule has 2 heterocycles. The van der Waals surface area contributed by atoms with Crippen molar-refractivity contribution >= 4 is 27.9 Å². The topological polar surface area (TPSA) is 153 Å². The SMILES string of the molecule is CC(C)CN(C[C@@H](OC(=O)N1CCNCC1)[C@H](Cc1ccccc1)NC(=O)O[C@H]1CCOC1)S(=O)(=O)c1ccc(N)cc1. The Balaban J connectivity index is 1.67. The van der Waals surface area contributed by atoms with Gasteiger partial charge in [0.15, 0.2) is 0 Å². The summed E-state index contributed by atoms with van der Waals surface area (Å²) in [5.41, 5.74) is 7.13. The highest BCUT2D eigenvalue weighted by Crippen LogP contribution is 2.22. The van der Waals surface area contributed by atoms with Crippen LogP contribution >= 0.6 is 0 Å². The molecule has 4 N–H and O–H groups in total. The number of carbonyl (C=O) groups is 2. The van der Waals surface area contributed by atoms with Gasteiger partial charge in [-0.25, -0.2) is 18.0 Å². The average molecular weight is 618 g/mol. The molecule has 4 rings (SSSR count). The second-order valence-corrected chi connectivity index (χ2v) is 13.2. The third-order valence-corrected chi connectivity index (χ3v) is 9.16. The Hall–Kier alpha value is -3.39. The third kappa shape index (κ3) is 9.55. The van der Waals surface area contributed by atoms with Gasteiger partial charge in [0.1, 0.15) is 12.2 Å². The van der Waals surface area contributed by atoms with Crippen LogP contribution in [0.4, 0.5) is 15.3 Å². The van der Waals surface area contributed by atoms with Gasteiger partial charge in [0, 0.05) is 44.8 Å². The minimum absolute atomic E-state index is 0.0408. The number of nitrogen functional groups attached to an aromatic ring is 1. The molecule has 0 bridgehead atoms. The molecule has 2 amide bonds. The number of benzene rings is 2. The summed E-state index contributed by atoms with van der Waals surface area (Å²) in [4.78, 5) is 28.2. The number of ether oxygens (including phenoxy) is 3. The van der Waals surface area contributed by atoms with Crippen LogP contribution in [0.3, 0.4) is 0 Å². The van der Waals surface area contributed by atoms with Gasteiger partial charge >= 0.3 is 12.2 Å². The summed E-state index contributed by atoms with van der Waals surface area (Å²) >= 11 is 0. The lowest BCUT2D eigenvalue weighted by Crippen LogP contribution is -2.55. The first-order valence-corrected chi connectivity index (χ1v) is 16.2. The molecular formula is C30H43N5O7S. The molecule has 2 fully saturated rings. The van der Waals surface area contributed by atoms with Gasteiger partial charge in [-0.15, -0.1) is 0 Å². The normalized spacial score (nSPS) is 18.8. The summed E-state index contributed by atoms with van der Waals surface area (Å²) in [5, 5.41) is 6.10. The molecule has 236 valence electrons. The predicted molar refractivity (Wildman–Crippen MR) is 162 cm³/mol. The van der Waals surface area contributed by atoms with Gasteiger partial charge in [-0.3, -0.25) is 0 Å². The number of hydrogen-bond donors (Lipinski definition) is 3. The average Bonchev–Trinajstić information content (AvgIpc) is 3.50. The van der Waals surface area contributed by atoms with Gasteiger partial charge in [0.25, 0.3) is 0 Å². The van der Waals surface area contributed by atoms with E-state index in [0.717, 1.165) is 5.56 Å². The maximum Gasteiger partial charge on any atom is 0.410 e. The number of alkyl carbamates (subject to hydrolysis) is 1. The monoisotopic (exact) mass is 617 g/mol. The number of piperazine rings is 1. The van der Waals surface area contributed by atoms with Crippen molar-refractivity contribution in [3.8, 4) is 0 Å². The van der Waals surface area contributed by atoms with Crippen molar-refractivity contribution in [2.45, 2.75) is 49.8 Å². The quantitative estimate of drug-likeness (QED) is 0.305. The number of sulfonamides is 1. The predicted octanol–water partition coefficient (Wildman–Crippen LogP) is 2.45. The van der Waals surface area contributed by atoms with Crippen LogP contribution in [0.1, 0.15) is 25.8 Å². The summed E-state index contributed by atoms with van der Waals surface area (Å²) in [6, 6.07) is 14.6. The van der Waals surface area contributed by atoms with E-state index in [1.807, 2.05) is 44.2 Å². The first-order chi connectivity index (χ1) is 20.6. The lowest BCUT2D eigenvalue weighted by molar-refractivity contribution is 0.0274. The van der Waals surface area contributed by atoms with Crippen LogP contribution in [0.25, 0.3) is 0 Å². The number of anilines is 1. The molecule has 3 atom stereocenters. The van der Waals surface area contributed by atoms with E-state index in [1.165, 1.54) is 28.6 Å². The zero-order valence-corrected chi connectivity index (χ0v) is 25.6. The van der Waals surface area contributed by atoms with Crippen molar-refractivity contribution in [3.63, 3.8) is 0 Å². The molecule has 2 aliphatic rings. The number of carbonyl (C=O) groups excluding carboxylic acids is 2. The number of nitrogens with one attached hydrogen (secondary N) is 2. The summed E-state index contributed by atoms with van der Waals surface area (Å²) in [6.45, 7) is 6.74. The van der Waals surface area contributed by atoms with Crippen LogP contribution in [-0.4, -0.2) is 101 Å². The van der Waals surface area contributed by atoms with Gasteiger partial charge in [-0.2, -0.15) is 4.31 Å². The van der Waals surface area contributed by atoms with Crippen molar-refractivity contribution in [1.29, 1.82) is 0 Å². The fraction of sp³-hybridized carbons (Fsp3) is 0.533. The van der Waals surface area contributed by atoms with Gasteiger partial charge in [0.2, 0.25) is 10.0 Å². The van der Waals surface area contributed by atoms with E-state index in [1.54, 1.807) is 4.90 Å². The van der Waals surface area contributed by atoms with Gasteiger partial charge in [0.05, 0.1) is 30.7 Å². The molecule has 2 aromatic carbocycles. The number of rotatable bonds is 12. The van der Waals surface area contributed by atoms with Gasteiger partial charge in [-0.1, -0.05) is 44.2 Å². The van der Waals surface area contributed by atoms with E-state index in [-0.39, 0.29) is 36.4 Å². The number of hydrogen-bond acceptors (Lipinski definition) is 9. The van der Waals surface area contributed by atoms with Gasteiger partial charge in [-0.05, 0) is 42.2 Å². The highest BCUT2D eigenvalue weighted by molar-refractivity contribution is 7.89. The van der Waals surface area contributed by atoms with Crippen LogP contribution in [0, 0.1) is 5.92 Å². The Morgan fingerprint density at radius 3 is 2.42 bits per heavy atom.